The predicted molar refractivity (Wildman–Crippen MR) is 94.8 cm³/mol. The number of benzene rings is 2. The van der Waals surface area contributed by atoms with Crippen molar-refractivity contribution in [1.82, 2.24) is 10.6 Å². The Morgan fingerprint density at radius 3 is 2.54 bits per heavy atom. The molecule has 0 aliphatic carbocycles. The lowest BCUT2D eigenvalue weighted by Gasteiger charge is -2.11. The molecule has 0 fully saturated rings. The smallest absolute Gasteiger partial charge is 0.314 e. The van der Waals surface area contributed by atoms with Crippen LogP contribution in [0.1, 0.15) is 11.1 Å². The van der Waals surface area contributed by atoms with Crippen LogP contribution < -0.4 is 20.1 Å². The van der Waals surface area contributed by atoms with Gasteiger partial charge in [-0.05, 0) is 37.1 Å². The number of ether oxygens (including phenoxy) is 2. The Bertz CT molecular complexity index is 644. The summed E-state index contributed by atoms with van der Waals surface area (Å²) in [4.78, 5) is 11.8. The lowest BCUT2D eigenvalue weighted by molar-refractivity contribution is 0.236. The molecule has 24 heavy (non-hydrogen) atoms. The quantitative estimate of drug-likeness (QED) is 0.733. The standard InChI is InChI=1S/C19H24N2O3/c1-15-8-9-18(23-2)16(14-15)10-11-20-19(22)21-12-13-24-17-6-4-3-5-7-17/h3-9,14H,10-13H2,1-2H3,(H2,20,21,22). The van der Waals surface area contributed by atoms with Crippen LogP contribution in [0.3, 0.4) is 0 Å². The van der Waals surface area contributed by atoms with E-state index in [1.165, 1.54) is 5.56 Å². The third-order valence-electron chi connectivity index (χ3n) is 3.52. The van der Waals surface area contributed by atoms with Crippen molar-refractivity contribution in [1.29, 1.82) is 0 Å². The molecule has 0 radical (unpaired) electrons. The summed E-state index contributed by atoms with van der Waals surface area (Å²) in [5, 5.41) is 5.61. The van der Waals surface area contributed by atoms with E-state index in [1.807, 2.05) is 49.4 Å². The molecule has 2 N–H and O–H groups in total. The van der Waals surface area contributed by atoms with Crippen molar-refractivity contribution in [3.63, 3.8) is 0 Å². The maximum Gasteiger partial charge on any atom is 0.314 e. The molecular weight excluding hydrogens is 304 g/mol. The average Bonchev–Trinajstić information content (AvgIpc) is 2.60. The average molecular weight is 328 g/mol. The first-order valence-corrected chi connectivity index (χ1v) is 8.02. The van der Waals surface area contributed by atoms with E-state index in [4.69, 9.17) is 9.47 Å². The molecule has 0 unspecified atom stereocenters. The Kier molecular flexibility index (Phi) is 6.95. The number of carbonyl (C=O) groups excluding carboxylic acids is 1. The number of nitrogens with one attached hydrogen (secondary N) is 2. The summed E-state index contributed by atoms with van der Waals surface area (Å²) in [5.74, 6) is 1.64. The topological polar surface area (TPSA) is 59.6 Å². The number of urea groups is 1. The molecule has 0 saturated carbocycles. The Morgan fingerprint density at radius 1 is 1.04 bits per heavy atom. The minimum atomic E-state index is -0.196. The monoisotopic (exact) mass is 328 g/mol. The summed E-state index contributed by atoms with van der Waals surface area (Å²) in [5.41, 5.74) is 2.26. The Morgan fingerprint density at radius 2 is 1.79 bits per heavy atom. The molecule has 2 rings (SSSR count). The summed E-state index contributed by atoms with van der Waals surface area (Å²) in [6.07, 6.45) is 0.721. The normalized spacial score (nSPS) is 10.1. The molecule has 2 amide bonds. The lowest BCUT2D eigenvalue weighted by atomic mass is 10.1. The minimum Gasteiger partial charge on any atom is -0.496 e. The fraction of sp³-hybridized carbons (Fsp3) is 0.316. The molecule has 2 aromatic rings. The van der Waals surface area contributed by atoms with Crippen molar-refractivity contribution in [2.45, 2.75) is 13.3 Å². The van der Waals surface area contributed by atoms with Crippen molar-refractivity contribution in [2.24, 2.45) is 0 Å². The summed E-state index contributed by atoms with van der Waals surface area (Å²) in [7, 11) is 1.65. The Hall–Kier alpha value is -2.69. The fourth-order valence-corrected chi connectivity index (χ4v) is 2.33. The van der Waals surface area contributed by atoms with E-state index in [0.29, 0.717) is 19.7 Å². The van der Waals surface area contributed by atoms with E-state index in [9.17, 15) is 4.79 Å². The van der Waals surface area contributed by atoms with Gasteiger partial charge in [-0.2, -0.15) is 0 Å². The molecule has 0 bridgehead atoms. The highest BCUT2D eigenvalue weighted by molar-refractivity contribution is 5.73. The molecule has 0 aliphatic heterocycles. The highest BCUT2D eigenvalue weighted by Crippen LogP contribution is 2.19. The minimum absolute atomic E-state index is 0.196. The van der Waals surface area contributed by atoms with Gasteiger partial charge in [0.15, 0.2) is 0 Å². The van der Waals surface area contributed by atoms with Crippen LogP contribution in [0.15, 0.2) is 48.5 Å². The van der Waals surface area contributed by atoms with Crippen molar-refractivity contribution in [3.8, 4) is 11.5 Å². The Labute approximate surface area is 143 Å². The number of hydrogen-bond donors (Lipinski definition) is 2. The predicted octanol–water partition coefficient (Wildman–Crippen LogP) is 2.92. The largest absolute Gasteiger partial charge is 0.496 e. The fourth-order valence-electron chi connectivity index (χ4n) is 2.33. The maximum absolute atomic E-state index is 11.8. The third-order valence-corrected chi connectivity index (χ3v) is 3.52. The van der Waals surface area contributed by atoms with Crippen molar-refractivity contribution in [3.05, 3.63) is 59.7 Å². The molecule has 128 valence electrons. The molecule has 0 atom stereocenters. The number of hydrogen-bond acceptors (Lipinski definition) is 3. The van der Waals surface area contributed by atoms with Crippen LogP contribution in [0.4, 0.5) is 4.79 Å². The van der Waals surface area contributed by atoms with Crippen LogP contribution in [0.5, 0.6) is 11.5 Å². The number of aryl methyl sites for hydroxylation is 1. The number of para-hydroxylation sites is 1. The SMILES string of the molecule is COc1ccc(C)cc1CCNC(=O)NCCOc1ccccc1. The van der Waals surface area contributed by atoms with Crippen LogP contribution in [-0.2, 0) is 6.42 Å². The lowest BCUT2D eigenvalue weighted by Crippen LogP contribution is -2.38. The maximum atomic E-state index is 11.8. The van der Waals surface area contributed by atoms with Crippen molar-refractivity contribution < 1.29 is 14.3 Å². The second-order valence-corrected chi connectivity index (χ2v) is 5.41. The van der Waals surface area contributed by atoms with Gasteiger partial charge in [-0.1, -0.05) is 35.9 Å². The highest BCUT2D eigenvalue weighted by atomic mass is 16.5. The molecule has 0 aromatic heterocycles. The van der Waals surface area contributed by atoms with E-state index < -0.39 is 0 Å². The number of carbonyl (C=O) groups is 1. The molecule has 0 spiro atoms. The zero-order chi connectivity index (χ0) is 17.2. The van der Waals surface area contributed by atoms with Gasteiger partial charge in [-0.15, -0.1) is 0 Å². The summed E-state index contributed by atoms with van der Waals surface area (Å²) >= 11 is 0. The van der Waals surface area contributed by atoms with Crippen molar-refractivity contribution >= 4 is 6.03 Å². The van der Waals surface area contributed by atoms with Crippen LogP contribution in [-0.4, -0.2) is 32.8 Å². The van der Waals surface area contributed by atoms with Crippen molar-refractivity contribution in [2.75, 3.05) is 26.8 Å². The molecule has 2 aromatic carbocycles. The van der Waals surface area contributed by atoms with E-state index in [-0.39, 0.29) is 6.03 Å². The number of amides is 2. The summed E-state index contributed by atoms with van der Waals surface area (Å²) in [6, 6.07) is 15.4. The van der Waals surface area contributed by atoms with E-state index >= 15 is 0 Å². The molecule has 0 heterocycles. The van der Waals surface area contributed by atoms with E-state index in [1.54, 1.807) is 7.11 Å². The van der Waals surface area contributed by atoms with Gasteiger partial charge in [0.25, 0.3) is 0 Å². The number of methoxy groups -OCH3 is 1. The van der Waals surface area contributed by atoms with Crippen LogP contribution in [0.25, 0.3) is 0 Å². The first-order valence-electron chi connectivity index (χ1n) is 8.02. The third kappa shape index (κ3) is 5.83. The van der Waals surface area contributed by atoms with Gasteiger partial charge in [0.05, 0.1) is 13.7 Å². The van der Waals surface area contributed by atoms with Gasteiger partial charge in [-0.25, -0.2) is 4.79 Å². The van der Waals surface area contributed by atoms with Gasteiger partial charge in [-0.3, -0.25) is 0 Å². The van der Waals surface area contributed by atoms with Crippen LogP contribution in [0, 0.1) is 6.92 Å². The van der Waals surface area contributed by atoms with Gasteiger partial charge in [0.2, 0.25) is 0 Å². The van der Waals surface area contributed by atoms with Crippen LogP contribution in [0.2, 0.25) is 0 Å². The van der Waals surface area contributed by atoms with Crippen LogP contribution >= 0.6 is 0 Å². The molecular formula is C19H24N2O3. The summed E-state index contributed by atoms with van der Waals surface area (Å²) < 4.78 is 10.8. The molecule has 5 heteroatoms. The molecule has 5 nitrogen and oxygen atoms in total. The second-order valence-electron chi connectivity index (χ2n) is 5.41. The van der Waals surface area contributed by atoms with Gasteiger partial charge in [0, 0.05) is 6.54 Å². The van der Waals surface area contributed by atoms with E-state index in [0.717, 1.165) is 23.5 Å². The second kappa shape index (κ2) is 9.45. The highest BCUT2D eigenvalue weighted by Gasteiger charge is 2.04. The first-order chi connectivity index (χ1) is 11.7. The Balaban J connectivity index is 1.64. The number of rotatable bonds is 8. The molecule has 0 aliphatic rings. The summed E-state index contributed by atoms with van der Waals surface area (Å²) in [6.45, 7) is 3.47. The van der Waals surface area contributed by atoms with Gasteiger partial charge < -0.3 is 20.1 Å². The molecule has 0 saturated heterocycles. The zero-order valence-corrected chi connectivity index (χ0v) is 14.2. The zero-order valence-electron chi connectivity index (χ0n) is 14.2. The van der Waals surface area contributed by atoms with E-state index in [2.05, 4.69) is 16.7 Å². The first kappa shape index (κ1) is 17.7. The van der Waals surface area contributed by atoms with Gasteiger partial charge in [0.1, 0.15) is 18.1 Å². The van der Waals surface area contributed by atoms with Gasteiger partial charge >= 0.3 is 6.03 Å².